The summed E-state index contributed by atoms with van der Waals surface area (Å²) in [6.07, 6.45) is 1.78. The van der Waals surface area contributed by atoms with Gasteiger partial charge in [0.2, 0.25) is 5.78 Å². The average molecular weight is 377 g/mol. The van der Waals surface area contributed by atoms with E-state index in [1.165, 1.54) is 11.3 Å². The number of hydrogen-bond acceptors (Lipinski definition) is 5. The SMILES string of the molecule is O=C(c1cccs1)c1ccccc1C(=O)N1CCN(c2ccccn2)CC1. The van der Waals surface area contributed by atoms with Gasteiger partial charge in [-0.15, -0.1) is 11.3 Å². The van der Waals surface area contributed by atoms with Crippen LogP contribution in [0.2, 0.25) is 0 Å². The number of carbonyl (C=O) groups is 2. The van der Waals surface area contributed by atoms with E-state index in [0.717, 1.165) is 18.9 Å². The molecule has 3 heterocycles. The van der Waals surface area contributed by atoms with Gasteiger partial charge >= 0.3 is 0 Å². The first kappa shape index (κ1) is 17.4. The summed E-state index contributed by atoms with van der Waals surface area (Å²) in [5.74, 6) is 0.745. The van der Waals surface area contributed by atoms with Crippen LogP contribution in [0.4, 0.5) is 5.82 Å². The molecule has 136 valence electrons. The maximum atomic E-state index is 13.1. The second kappa shape index (κ2) is 7.72. The van der Waals surface area contributed by atoms with Crippen LogP contribution in [-0.2, 0) is 0 Å². The Bertz CT molecular complexity index is 933. The first-order chi connectivity index (χ1) is 13.2. The van der Waals surface area contributed by atoms with E-state index in [-0.39, 0.29) is 11.7 Å². The molecule has 27 heavy (non-hydrogen) atoms. The van der Waals surface area contributed by atoms with Crippen LogP contribution in [0.25, 0.3) is 0 Å². The number of hydrogen-bond donors (Lipinski definition) is 0. The topological polar surface area (TPSA) is 53.5 Å². The molecule has 0 unspecified atom stereocenters. The van der Waals surface area contributed by atoms with Gasteiger partial charge in [0.15, 0.2) is 0 Å². The molecule has 1 saturated heterocycles. The molecule has 0 N–H and O–H groups in total. The summed E-state index contributed by atoms with van der Waals surface area (Å²) >= 11 is 1.39. The van der Waals surface area contributed by atoms with Crippen molar-refractivity contribution in [2.24, 2.45) is 0 Å². The quantitative estimate of drug-likeness (QED) is 0.655. The molecule has 1 aliphatic rings. The number of piperazine rings is 1. The average Bonchev–Trinajstić information content (AvgIpc) is 3.28. The summed E-state index contributed by atoms with van der Waals surface area (Å²) in [4.78, 5) is 34.9. The Balaban J connectivity index is 1.50. The Morgan fingerprint density at radius 1 is 0.852 bits per heavy atom. The van der Waals surface area contributed by atoms with E-state index in [1.807, 2.05) is 40.6 Å². The minimum atomic E-state index is -0.0962. The number of anilines is 1. The van der Waals surface area contributed by atoms with Crippen LogP contribution in [0.15, 0.2) is 66.2 Å². The third kappa shape index (κ3) is 3.61. The van der Waals surface area contributed by atoms with Crippen LogP contribution < -0.4 is 4.90 Å². The van der Waals surface area contributed by atoms with Gasteiger partial charge in [0.05, 0.1) is 10.4 Å². The highest BCUT2D eigenvalue weighted by molar-refractivity contribution is 7.12. The van der Waals surface area contributed by atoms with Crippen LogP contribution in [0, 0.1) is 0 Å². The largest absolute Gasteiger partial charge is 0.353 e. The molecule has 1 fully saturated rings. The molecule has 6 heteroatoms. The number of benzene rings is 1. The Morgan fingerprint density at radius 3 is 2.26 bits per heavy atom. The van der Waals surface area contributed by atoms with Gasteiger partial charge < -0.3 is 9.80 Å². The number of nitrogens with zero attached hydrogens (tertiary/aromatic N) is 3. The molecule has 1 amide bonds. The molecule has 5 nitrogen and oxygen atoms in total. The number of carbonyl (C=O) groups excluding carboxylic acids is 2. The fourth-order valence-corrected chi connectivity index (χ4v) is 3.94. The van der Waals surface area contributed by atoms with Crippen molar-refractivity contribution in [2.75, 3.05) is 31.1 Å². The maximum Gasteiger partial charge on any atom is 0.254 e. The van der Waals surface area contributed by atoms with Gasteiger partial charge in [0.25, 0.3) is 5.91 Å². The molecule has 0 atom stereocenters. The Morgan fingerprint density at radius 2 is 1.59 bits per heavy atom. The van der Waals surface area contributed by atoms with Crippen LogP contribution in [0.1, 0.15) is 25.6 Å². The lowest BCUT2D eigenvalue weighted by Gasteiger charge is -2.35. The van der Waals surface area contributed by atoms with E-state index in [9.17, 15) is 9.59 Å². The normalized spacial score (nSPS) is 14.2. The lowest BCUT2D eigenvalue weighted by Crippen LogP contribution is -2.49. The Kier molecular flexibility index (Phi) is 4.98. The first-order valence-corrected chi connectivity index (χ1v) is 9.74. The summed E-state index contributed by atoms with van der Waals surface area (Å²) in [6.45, 7) is 2.67. The van der Waals surface area contributed by atoms with Crippen molar-refractivity contribution >= 4 is 28.8 Å². The van der Waals surface area contributed by atoms with Gasteiger partial charge in [0.1, 0.15) is 5.82 Å². The van der Waals surface area contributed by atoms with Gasteiger partial charge in [-0.05, 0) is 29.6 Å². The van der Waals surface area contributed by atoms with Gasteiger partial charge in [-0.2, -0.15) is 0 Å². The highest BCUT2D eigenvalue weighted by Crippen LogP contribution is 2.21. The number of pyridine rings is 1. The Labute approximate surface area is 161 Å². The van der Waals surface area contributed by atoms with Crippen molar-refractivity contribution in [3.8, 4) is 0 Å². The van der Waals surface area contributed by atoms with Crippen molar-refractivity contribution < 1.29 is 9.59 Å². The minimum Gasteiger partial charge on any atom is -0.353 e. The van der Waals surface area contributed by atoms with Gasteiger partial charge in [-0.3, -0.25) is 9.59 Å². The van der Waals surface area contributed by atoms with E-state index in [0.29, 0.717) is 29.1 Å². The first-order valence-electron chi connectivity index (χ1n) is 8.86. The molecule has 0 radical (unpaired) electrons. The lowest BCUT2D eigenvalue weighted by molar-refractivity contribution is 0.0742. The fourth-order valence-electron chi connectivity index (χ4n) is 3.26. The lowest BCUT2D eigenvalue weighted by atomic mass is 10.0. The minimum absolute atomic E-state index is 0.0869. The molecule has 1 aliphatic heterocycles. The highest BCUT2D eigenvalue weighted by Gasteiger charge is 2.26. The van der Waals surface area contributed by atoms with Crippen molar-refractivity contribution in [1.82, 2.24) is 9.88 Å². The van der Waals surface area contributed by atoms with Crippen LogP contribution in [0.3, 0.4) is 0 Å². The number of aromatic nitrogens is 1. The predicted octanol–water partition coefficient (Wildman–Crippen LogP) is 3.34. The summed E-state index contributed by atoms with van der Waals surface area (Å²) in [6, 6.07) is 16.6. The molecular weight excluding hydrogens is 358 g/mol. The Hall–Kier alpha value is -2.99. The van der Waals surface area contributed by atoms with Crippen LogP contribution in [-0.4, -0.2) is 47.8 Å². The van der Waals surface area contributed by atoms with E-state index in [2.05, 4.69) is 9.88 Å². The van der Waals surface area contributed by atoms with Crippen molar-refractivity contribution in [2.45, 2.75) is 0 Å². The number of rotatable bonds is 4. The third-order valence-electron chi connectivity index (χ3n) is 4.69. The second-order valence-electron chi connectivity index (χ2n) is 6.32. The van der Waals surface area contributed by atoms with Gasteiger partial charge in [0, 0.05) is 37.9 Å². The van der Waals surface area contributed by atoms with E-state index in [4.69, 9.17) is 0 Å². The third-order valence-corrected chi connectivity index (χ3v) is 5.56. The summed E-state index contributed by atoms with van der Waals surface area (Å²) in [7, 11) is 0. The second-order valence-corrected chi connectivity index (χ2v) is 7.27. The monoisotopic (exact) mass is 377 g/mol. The van der Waals surface area contributed by atoms with E-state index in [1.54, 1.807) is 30.5 Å². The summed E-state index contributed by atoms with van der Waals surface area (Å²) in [5, 5.41) is 1.87. The van der Waals surface area contributed by atoms with E-state index >= 15 is 0 Å². The standard InChI is InChI=1S/C21H19N3O2S/c25-20(18-8-5-15-27-18)16-6-1-2-7-17(16)21(26)24-13-11-23(12-14-24)19-9-3-4-10-22-19/h1-10,15H,11-14H2. The maximum absolute atomic E-state index is 13.1. The molecule has 4 rings (SSSR count). The van der Waals surface area contributed by atoms with Crippen molar-refractivity contribution in [1.29, 1.82) is 0 Å². The van der Waals surface area contributed by atoms with Gasteiger partial charge in [-0.1, -0.05) is 30.3 Å². The molecule has 0 saturated carbocycles. The fraction of sp³-hybridized carbons (Fsp3) is 0.190. The summed E-state index contributed by atoms with van der Waals surface area (Å²) < 4.78 is 0. The van der Waals surface area contributed by atoms with Crippen LogP contribution in [0.5, 0.6) is 0 Å². The zero-order valence-corrected chi connectivity index (χ0v) is 15.6. The molecule has 3 aromatic rings. The molecular formula is C21H19N3O2S. The molecule has 0 spiro atoms. The number of amides is 1. The number of ketones is 1. The van der Waals surface area contributed by atoms with Crippen molar-refractivity contribution in [3.05, 3.63) is 82.2 Å². The highest BCUT2D eigenvalue weighted by atomic mass is 32.1. The molecule has 1 aromatic carbocycles. The van der Waals surface area contributed by atoms with Crippen molar-refractivity contribution in [3.63, 3.8) is 0 Å². The number of thiophene rings is 1. The van der Waals surface area contributed by atoms with E-state index < -0.39 is 0 Å². The zero-order chi connectivity index (χ0) is 18.6. The smallest absolute Gasteiger partial charge is 0.254 e. The predicted molar refractivity (Wildman–Crippen MR) is 107 cm³/mol. The zero-order valence-electron chi connectivity index (χ0n) is 14.7. The van der Waals surface area contributed by atoms with Crippen LogP contribution >= 0.6 is 11.3 Å². The van der Waals surface area contributed by atoms with Gasteiger partial charge in [-0.25, -0.2) is 4.98 Å². The molecule has 0 bridgehead atoms. The molecule has 2 aromatic heterocycles. The summed E-state index contributed by atoms with van der Waals surface area (Å²) in [5.41, 5.74) is 0.944. The molecule has 0 aliphatic carbocycles.